The summed E-state index contributed by atoms with van der Waals surface area (Å²) in [5.74, 6) is 0.108. The largest absolute Gasteiger partial charge is 0.340 e. The van der Waals surface area contributed by atoms with Crippen LogP contribution in [-0.4, -0.2) is 41.7 Å². The molecule has 4 heteroatoms. The summed E-state index contributed by atoms with van der Waals surface area (Å²) in [5.41, 5.74) is 3.63. The molecular formula is C21H24N2O2. The summed E-state index contributed by atoms with van der Waals surface area (Å²) in [7, 11) is 4.15. The van der Waals surface area contributed by atoms with Crippen LogP contribution in [0.2, 0.25) is 0 Å². The lowest BCUT2D eigenvalue weighted by Crippen LogP contribution is -2.15. The number of benzene rings is 2. The van der Waals surface area contributed by atoms with Crippen molar-refractivity contribution >= 4 is 33.4 Å². The quantitative estimate of drug-likeness (QED) is 0.635. The van der Waals surface area contributed by atoms with E-state index in [1.54, 1.807) is 13.8 Å². The maximum atomic E-state index is 11.8. The van der Waals surface area contributed by atoms with Gasteiger partial charge in [0.25, 0.3) is 0 Å². The number of fused-ring (bicyclic) bond motifs is 3. The normalized spacial score (nSPS) is 11.6. The van der Waals surface area contributed by atoms with Crippen molar-refractivity contribution in [1.29, 1.82) is 0 Å². The van der Waals surface area contributed by atoms with Crippen LogP contribution in [0.25, 0.3) is 21.8 Å². The lowest BCUT2D eigenvalue weighted by Gasteiger charge is -2.11. The number of hydrogen-bond acceptors (Lipinski definition) is 3. The fraction of sp³-hybridized carbons (Fsp3) is 0.333. The Hall–Kier alpha value is -2.46. The van der Waals surface area contributed by atoms with Gasteiger partial charge < -0.3 is 9.47 Å². The molecule has 0 atom stereocenters. The Kier molecular flexibility index (Phi) is 4.73. The van der Waals surface area contributed by atoms with Gasteiger partial charge >= 0.3 is 0 Å². The predicted molar refractivity (Wildman–Crippen MR) is 103 cm³/mol. The van der Waals surface area contributed by atoms with Gasteiger partial charge in [-0.2, -0.15) is 0 Å². The van der Waals surface area contributed by atoms with Crippen LogP contribution in [-0.2, 0) is 6.54 Å². The first-order chi connectivity index (χ1) is 11.9. The van der Waals surface area contributed by atoms with Gasteiger partial charge in [0.05, 0.1) is 0 Å². The molecule has 2 aromatic carbocycles. The molecule has 1 heterocycles. The molecule has 25 heavy (non-hydrogen) atoms. The van der Waals surface area contributed by atoms with E-state index in [0.717, 1.165) is 41.3 Å². The van der Waals surface area contributed by atoms with Crippen molar-refractivity contribution in [2.24, 2.45) is 0 Å². The molecule has 0 saturated carbocycles. The third kappa shape index (κ3) is 3.35. The summed E-state index contributed by atoms with van der Waals surface area (Å²) in [5, 5.41) is 2.08. The Morgan fingerprint density at radius 1 is 0.880 bits per heavy atom. The van der Waals surface area contributed by atoms with E-state index in [-0.39, 0.29) is 11.6 Å². The Balaban J connectivity index is 2.21. The molecule has 0 spiro atoms. The average Bonchev–Trinajstić information content (AvgIpc) is 2.87. The van der Waals surface area contributed by atoms with Crippen molar-refractivity contribution in [1.82, 2.24) is 9.47 Å². The highest BCUT2D eigenvalue weighted by Gasteiger charge is 2.14. The molecule has 0 fully saturated rings. The minimum Gasteiger partial charge on any atom is -0.340 e. The van der Waals surface area contributed by atoms with Crippen LogP contribution >= 0.6 is 0 Å². The Bertz CT molecular complexity index is 896. The molecule has 0 amide bonds. The highest BCUT2D eigenvalue weighted by molar-refractivity contribution is 6.12. The molecule has 0 bridgehead atoms. The number of rotatable bonds is 6. The van der Waals surface area contributed by atoms with E-state index in [0.29, 0.717) is 11.1 Å². The summed E-state index contributed by atoms with van der Waals surface area (Å²) in [4.78, 5) is 25.8. The van der Waals surface area contributed by atoms with Gasteiger partial charge in [0.1, 0.15) is 0 Å². The number of Topliss-reactive ketones (excluding diaryl/α,β-unsaturated/α-hetero) is 2. The van der Waals surface area contributed by atoms with Gasteiger partial charge in [0.15, 0.2) is 11.6 Å². The maximum Gasteiger partial charge on any atom is 0.159 e. The van der Waals surface area contributed by atoms with Crippen LogP contribution in [0.1, 0.15) is 41.0 Å². The minimum absolute atomic E-state index is 0.0538. The zero-order chi connectivity index (χ0) is 18.1. The molecule has 3 rings (SSSR count). The van der Waals surface area contributed by atoms with Gasteiger partial charge in [-0.15, -0.1) is 0 Å². The predicted octanol–water partition coefficient (Wildman–Crippen LogP) is 4.15. The maximum absolute atomic E-state index is 11.8. The van der Waals surface area contributed by atoms with Gasteiger partial charge in [-0.3, -0.25) is 9.59 Å². The van der Waals surface area contributed by atoms with Gasteiger partial charge in [-0.1, -0.05) is 0 Å². The SMILES string of the molecule is CC(=O)c1ccc2c(c1)c1cc(C(C)=O)ccc1n2CCCN(C)C. The van der Waals surface area contributed by atoms with Crippen molar-refractivity contribution in [3.05, 3.63) is 47.5 Å². The summed E-state index contributed by atoms with van der Waals surface area (Å²) in [6.45, 7) is 5.08. The molecule has 4 nitrogen and oxygen atoms in total. The van der Waals surface area contributed by atoms with E-state index < -0.39 is 0 Å². The fourth-order valence-electron chi connectivity index (χ4n) is 3.33. The summed E-state index contributed by atoms with van der Waals surface area (Å²) in [6.07, 6.45) is 1.04. The molecule has 3 aromatic rings. The first-order valence-electron chi connectivity index (χ1n) is 8.61. The average molecular weight is 336 g/mol. The van der Waals surface area contributed by atoms with E-state index in [2.05, 4.69) is 23.6 Å². The third-order valence-corrected chi connectivity index (χ3v) is 4.66. The number of ketones is 2. The van der Waals surface area contributed by atoms with E-state index in [4.69, 9.17) is 0 Å². The second kappa shape index (κ2) is 6.81. The van der Waals surface area contributed by atoms with E-state index in [9.17, 15) is 9.59 Å². The number of carbonyl (C=O) groups is 2. The van der Waals surface area contributed by atoms with Crippen LogP contribution < -0.4 is 0 Å². The number of nitrogens with zero attached hydrogens (tertiary/aromatic N) is 2. The van der Waals surface area contributed by atoms with Crippen molar-refractivity contribution in [3.8, 4) is 0 Å². The first-order valence-corrected chi connectivity index (χ1v) is 8.61. The van der Waals surface area contributed by atoms with E-state index in [1.165, 1.54) is 0 Å². The molecule has 0 N–H and O–H groups in total. The number of carbonyl (C=O) groups excluding carboxylic acids is 2. The molecule has 130 valence electrons. The topological polar surface area (TPSA) is 42.3 Å². The second-order valence-corrected chi connectivity index (χ2v) is 6.88. The molecule has 0 saturated heterocycles. The fourth-order valence-corrected chi connectivity index (χ4v) is 3.33. The highest BCUT2D eigenvalue weighted by atomic mass is 16.1. The monoisotopic (exact) mass is 336 g/mol. The van der Waals surface area contributed by atoms with Crippen LogP contribution in [0, 0.1) is 0 Å². The van der Waals surface area contributed by atoms with Crippen LogP contribution in [0.3, 0.4) is 0 Å². The zero-order valence-electron chi connectivity index (χ0n) is 15.3. The van der Waals surface area contributed by atoms with Gasteiger partial charge in [0.2, 0.25) is 0 Å². The number of aromatic nitrogens is 1. The molecule has 1 aromatic heterocycles. The van der Waals surface area contributed by atoms with Crippen LogP contribution in [0.4, 0.5) is 0 Å². The van der Waals surface area contributed by atoms with Crippen molar-refractivity contribution in [2.45, 2.75) is 26.8 Å². The van der Waals surface area contributed by atoms with Crippen LogP contribution in [0.5, 0.6) is 0 Å². The molecule has 0 radical (unpaired) electrons. The highest BCUT2D eigenvalue weighted by Crippen LogP contribution is 2.31. The molecule has 0 aliphatic heterocycles. The third-order valence-electron chi connectivity index (χ3n) is 4.66. The first kappa shape index (κ1) is 17.4. The lowest BCUT2D eigenvalue weighted by molar-refractivity contribution is 0.100. The summed E-state index contributed by atoms with van der Waals surface area (Å²) < 4.78 is 2.29. The Morgan fingerprint density at radius 3 is 1.76 bits per heavy atom. The lowest BCUT2D eigenvalue weighted by atomic mass is 10.0. The molecule has 0 aliphatic carbocycles. The number of hydrogen-bond donors (Lipinski definition) is 0. The van der Waals surface area contributed by atoms with Gasteiger partial charge in [-0.25, -0.2) is 0 Å². The minimum atomic E-state index is 0.0538. The van der Waals surface area contributed by atoms with Crippen molar-refractivity contribution in [2.75, 3.05) is 20.6 Å². The smallest absolute Gasteiger partial charge is 0.159 e. The Morgan fingerprint density at radius 2 is 1.36 bits per heavy atom. The van der Waals surface area contributed by atoms with Gasteiger partial charge in [-0.05, 0) is 77.3 Å². The standard InChI is InChI=1S/C21H24N2O2/c1-14(24)16-6-8-20-18(12-16)19-13-17(15(2)25)7-9-21(19)23(20)11-5-10-22(3)4/h6-9,12-13H,5,10-11H2,1-4H3. The second-order valence-electron chi connectivity index (χ2n) is 6.88. The summed E-state index contributed by atoms with van der Waals surface area (Å²) >= 11 is 0. The molecule has 0 aliphatic rings. The molecule has 0 unspecified atom stereocenters. The molecular weight excluding hydrogens is 312 g/mol. The zero-order valence-corrected chi connectivity index (χ0v) is 15.3. The Labute approximate surface area is 148 Å². The summed E-state index contributed by atoms with van der Waals surface area (Å²) in [6, 6.07) is 11.7. The number of aryl methyl sites for hydroxylation is 1. The van der Waals surface area contributed by atoms with Crippen LogP contribution in [0.15, 0.2) is 36.4 Å². The van der Waals surface area contributed by atoms with Crippen molar-refractivity contribution < 1.29 is 9.59 Å². The van der Waals surface area contributed by atoms with E-state index in [1.807, 2.05) is 36.4 Å². The van der Waals surface area contributed by atoms with Gasteiger partial charge in [0, 0.05) is 39.5 Å². The van der Waals surface area contributed by atoms with Crippen molar-refractivity contribution in [3.63, 3.8) is 0 Å². The van der Waals surface area contributed by atoms with E-state index >= 15 is 0 Å².